The van der Waals surface area contributed by atoms with Crippen LogP contribution in [0.1, 0.15) is 25.8 Å². The second-order valence-corrected chi connectivity index (χ2v) is 7.75. The van der Waals surface area contributed by atoms with Crippen molar-refractivity contribution < 1.29 is 44.4 Å². The Hall–Kier alpha value is -3.55. The largest absolute Gasteiger partial charge is 0.481 e. The van der Waals surface area contributed by atoms with Gasteiger partial charge in [0.05, 0.1) is 24.7 Å². The maximum absolute atomic E-state index is 12.7. The molecule has 1 aromatic carbocycles. The van der Waals surface area contributed by atoms with Crippen LogP contribution in [0.3, 0.4) is 0 Å². The van der Waals surface area contributed by atoms with E-state index in [9.17, 15) is 34.2 Å². The molecule has 0 bridgehead atoms. The Morgan fingerprint density at radius 2 is 1.35 bits per heavy atom. The molecular weight excluding hydrogens is 452 g/mol. The first kappa shape index (κ1) is 28.5. The number of rotatable bonds is 13. The number of carbonyl (C=O) groups excluding carboxylic acids is 3. The molecule has 0 radical (unpaired) electrons. The van der Waals surface area contributed by atoms with Crippen LogP contribution in [-0.2, 0) is 30.4 Å². The zero-order chi connectivity index (χ0) is 26.0. The number of carbonyl (C=O) groups is 5. The van der Waals surface area contributed by atoms with Gasteiger partial charge in [0.15, 0.2) is 6.04 Å². The summed E-state index contributed by atoms with van der Waals surface area (Å²) >= 11 is 0. The van der Waals surface area contributed by atoms with E-state index in [0.29, 0.717) is 0 Å². The van der Waals surface area contributed by atoms with Gasteiger partial charge in [0.1, 0.15) is 12.1 Å². The van der Waals surface area contributed by atoms with E-state index in [1.54, 1.807) is 30.3 Å². The lowest BCUT2D eigenvalue weighted by atomic mass is 10.0. The van der Waals surface area contributed by atoms with E-state index in [0.717, 1.165) is 12.5 Å². The third-order valence-corrected chi connectivity index (χ3v) is 4.76. The number of benzene rings is 1. The highest BCUT2D eigenvalue weighted by molar-refractivity contribution is 5.96. The van der Waals surface area contributed by atoms with Gasteiger partial charge >= 0.3 is 11.9 Å². The molecule has 1 rings (SSSR count). The minimum Gasteiger partial charge on any atom is -0.481 e. The lowest BCUT2D eigenvalue weighted by molar-refractivity contribution is -0.146. The van der Waals surface area contributed by atoms with Crippen LogP contribution in [0.15, 0.2) is 30.3 Å². The summed E-state index contributed by atoms with van der Waals surface area (Å²) in [4.78, 5) is 59.9. The number of aliphatic hydroxyl groups excluding tert-OH is 2. The minimum absolute atomic E-state index is 0.140. The topological polar surface area (TPSA) is 228 Å². The lowest BCUT2D eigenvalue weighted by Crippen LogP contribution is -2.60. The Kier molecular flexibility index (Phi) is 11.1. The van der Waals surface area contributed by atoms with Crippen molar-refractivity contribution in [3.05, 3.63) is 35.9 Å². The van der Waals surface area contributed by atoms with E-state index in [1.165, 1.54) is 6.92 Å². The zero-order valence-corrected chi connectivity index (χ0v) is 18.7. The van der Waals surface area contributed by atoms with Gasteiger partial charge in [0, 0.05) is 0 Å². The highest BCUT2D eigenvalue weighted by atomic mass is 16.4. The molecule has 0 fully saturated rings. The maximum atomic E-state index is 12.7. The lowest BCUT2D eigenvalue weighted by Gasteiger charge is -2.26. The van der Waals surface area contributed by atoms with E-state index in [2.05, 4.69) is 10.6 Å². The number of aliphatic hydroxyl groups is 2. The number of amides is 3. The van der Waals surface area contributed by atoms with Crippen molar-refractivity contribution in [3.63, 3.8) is 0 Å². The maximum Gasteiger partial charge on any atom is 0.328 e. The highest BCUT2D eigenvalue weighted by Gasteiger charge is 2.34. The molecule has 188 valence electrons. The van der Waals surface area contributed by atoms with Crippen molar-refractivity contribution in [3.8, 4) is 0 Å². The summed E-state index contributed by atoms with van der Waals surface area (Å²) in [6.07, 6.45) is -3.76. The summed E-state index contributed by atoms with van der Waals surface area (Å²) in [6.45, 7) is 2.29. The van der Waals surface area contributed by atoms with Crippen LogP contribution in [0.2, 0.25) is 0 Å². The molecule has 3 amide bonds. The molecule has 0 saturated carbocycles. The second kappa shape index (κ2) is 13.2. The van der Waals surface area contributed by atoms with Crippen molar-refractivity contribution in [1.82, 2.24) is 16.0 Å². The number of carboxylic acid groups (broad SMARTS) is 2. The van der Waals surface area contributed by atoms with Crippen molar-refractivity contribution in [1.29, 1.82) is 0 Å². The molecule has 6 atom stereocenters. The van der Waals surface area contributed by atoms with Crippen LogP contribution in [0.5, 0.6) is 0 Å². The summed E-state index contributed by atoms with van der Waals surface area (Å²) in [5.74, 6) is -6.14. The third kappa shape index (κ3) is 9.13. The minimum atomic E-state index is -1.76. The van der Waals surface area contributed by atoms with Crippen LogP contribution in [0.4, 0.5) is 0 Å². The zero-order valence-electron chi connectivity index (χ0n) is 18.7. The van der Waals surface area contributed by atoms with E-state index in [4.69, 9.17) is 15.9 Å². The van der Waals surface area contributed by atoms with Crippen molar-refractivity contribution in [2.75, 3.05) is 0 Å². The first-order valence-electron chi connectivity index (χ1n) is 10.3. The predicted molar refractivity (Wildman–Crippen MR) is 117 cm³/mol. The van der Waals surface area contributed by atoms with Gasteiger partial charge in [-0.25, -0.2) is 4.79 Å². The standard InChI is InChI=1S/C21H30N4O9/c1-10(26)16(24-18(30)13(22)8-12-6-4-3-5-7-12)20(32)23-14(9-15(28)29)19(31)25-17(11(2)27)21(33)34/h3-7,10-11,13-14,16-17,26-27H,8-9,22H2,1-2H3,(H,23,32)(H,24,30)(H,25,31)(H,28,29)(H,33,34). The van der Waals surface area contributed by atoms with Crippen molar-refractivity contribution >= 4 is 29.7 Å². The average Bonchev–Trinajstić information content (AvgIpc) is 2.74. The summed E-state index contributed by atoms with van der Waals surface area (Å²) < 4.78 is 0. The fourth-order valence-corrected chi connectivity index (χ4v) is 2.91. The van der Waals surface area contributed by atoms with Gasteiger partial charge in [-0.1, -0.05) is 30.3 Å². The summed E-state index contributed by atoms with van der Waals surface area (Å²) in [7, 11) is 0. The normalized spacial score (nSPS) is 16.1. The fourth-order valence-electron chi connectivity index (χ4n) is 2.91. The monoisotopic (exact) mass is 482 g/mol. The van der Waals surface area contributed by atoms with Gasteiger partial charge in [-0.2, -0.15) is 0 Å². The number of hydrogen-bond acceptors (Lipinski definition) is 8. The number of nitrogens with two attached hydrogens (primary N) is 1. The smallest absolute Gasteiger partial charge is 0.328 e. The second-order valence-electron chi connectivity index (χ2n) is 7.75. The summed E-state index contributed by atoms with van der Waals surface area (Å²) in [5.41, 5.74) is 6.64. The van der Waals surface area contributed by atoms with Gasteiger partial charge in [0.2, 0.25) is 17.7 Å². The van der Waals surface area contributed by atoms with Crippen LogP contribution in [0.25, 0.3) is 0 Å². The molecule has 0 aliphatic rings. The van der Waals surface area contributed by atoms with Crippen LogP contribution in [0, 0.1) is 0 Å². The molecule has 13 nitrogen and oxygen atoms in total. The number of hydrogen-bond donors (Lipinski definition) is 8. The molecule has 34 heavy (non-hydrogen) atoms. The van der Waals surface area contributed by atoms with Gasteiger partial charge in [-0.15, -0.1) is 0 Å². The average molecular weight is 482 g/mol. The third-order valence-electron chi connectivity index (χ3n) is 4.76. The summed E-state index contributed by atoms with van der Waals surface area (Å²) in [6, 6.07) is 2.61. The molecular formula is C21H30N4O9. The van der Waals surface area contributed by atoms with Crippen LogP contribution in [-0.4, -0.2) is 86.5 Å². The Labute approximate surface area is 195 Å². The predicted octanol–water partition coefficient (Wildman–Crippen LogP) is -2.67. The van der Waals surface area contributed by atoms with Crippen LogP contribution >= 0.6 is 0 Å². The molecule has 0 heterocycles. The first-order valence-corrected chi connectivity index (χ1v) is 10.3. The Morgan fingerprint density at radius 3 is 1.82 bits per heavy atom. The number of carboxylic acids is 2. The van der Waals surface area contributed by atoms with E-state index >= 15 is 0 Å². The van der Waals surface area contributed by atoms with Crippen molar-refractivity contribution in [2.24, 2.45) is 5.73 Å². The molecule has 6 unspecified atom stereocenters. The molecule has 13 heteroatoms. The van der Waals surface area contributed by atoms with Crippen LogP contribution < -0.4 is 21.7 Å². The summed E-state index contributed by atoms with van der Waals surface area (Å²) in [5, 5.41) is 43.9. The van der Waals surface area contributed by atoms with E-state index in [-0.39, 0.29) is 6.42 Å². The van der Waals surface area contributed by atoms with Gasteiger partial charge in [0.25, 0.3) is 0 Å². The molecule has 0 aliphatic heterocycles. The molecule has 0 saturated heterocycles. The molecule has 1 aromatic rings. The fraction of sp³-hybridized carbons (Fsp3) is 0.476. The Balaban J connectivity index is 2.93. The highest BCUT2D eigenvalue weighted by Crippen LogP contribution is 2.04. The first-order chi connectivity index (χ1) is 15.8. The van der Waals surface area contributed by atoms with E-state index < -0.39 is 72.5 Å². The molecule has 0 aliphatic carbocycles. The van der Waals surface area contributed by atoms with Gasteiger partial charge in [-0.3, -0.25) is 19.2 Å². The number of aliphatic carboxylic acids is 2. The Bertz CT molecular complexity index is 876. The molecule has 9 N–H and O–H groups in total. The van der Waals surface area contributed by atoms with Gasteiger partial charge in [-0.05, 0) is 25.8 Å². The van der Waals surface area contributed by atoms with Crippen molar-refractivity contribution in [2.45, 2.75) is 63.1 Å². The SMILES string of the molecule is CC(O)C(NC(=O)C(CC(=O)O)NC(=O)C(NC(=O)C(N)Cc1ccccc1)C(C)O)C(=O)O. The molecule has 0 spiro atoms. The quantitative estimate of drug-likeness (QED) is 0.145. The number of nitrogens with one attached hydrogen (secondary N) is 3. The molecule has 0 aromatic heterocycles. The van der Waals surface area contributed by atoms with E-state index in [1.807, 2.05) is 5.32 Å². The Morgan fingerprint density at radius 1 is 0.824 bits per heavy atom. The van der Waals surface area contributed by atoms with Gasteiger partial charge < -0.3 is 42.1 Å².